The van der Waals surface area contributed by atoms with E-state index in [4.69, 9.17) is 16.3 Å². The van der Waals surface area contributed by atoms with Crippen molar-refractivity contribution in [2.45, 2.75) is 0 Å². The lowest BCUT2D eigenvalue weighted by Gasteiger charge is -2.28. The van der Waals surface area contributed by atoms with Gasteiger partial charge >= 0.3 is 5.97 Å². The minimum absolute atomic E-state index is 0.141. The molecule has 3 aromatic carbocycles. The number of rotatable bonds is 5. The normalized spacial score (nSPS) is 13.2. The Bertz CT molecular complexity index is 1240. The zero-order valence-corrected chi connectivity index (χ0v) is 18.0. The van der Waals surface area contributed by atoms with Gasteiger partial charge in [-0.1, -0.05) is 48.0 Å². The van der Waals surface area contributed by atoms with E-state index in [0.717, 1.165) is 0 Å². The summed E-state index contributed by atoms with van der Waals surface area (Å²) in [4.78, 5) is 39.0. The summed E-state index contributed by atoms with van der Waals surface area (Å²) in [7, 11) is 0. The van der Waals surface area contributed by atoms with E-state index < -0.39 is 24.3 Å². The Kier molecular flexibility index (Phi) is 6.51. The number of halogens is 2. The third-order valence-corrected chi connectivity index (χ3v) is 5.21. The highest BCUT2D eigenvalue weighted by Crippen LogP contribution is 2.29. The Hall–Kier alpha value is -3.97. The molecule has 0 saturated carbocycles. The molecule has 8 heteroatoms. The van der Waals surface area contributed by atoms with E-state index in [9.17, 15) is 18.8 Å². The number of hydrogen-bond acceptors (Lipinski definition) is 4. The number of para-hydroxylation sites is 2. The molecule has 0 bridgehead atoms. The summed E-state index contributed by atoms with van der Waals surface area (Å²) in [6, 6.07) is 19.0. The van der Waals surface area contributed by atoms with Crippen LogP contribution in [0.5, 0.6) is 0 Å². The van der Waals surface area contributed by atoms with Gasteiger partial charge in [0.25, 0.3) is 5.91 Å². The lowest BCUT2D eigenvalue weighted by atomic mass is 10.0. The van der Waals surface area contributed by atoms with E-state index in [1.807, 2.05) is 0 Å². The molecule has 1 N–H and O–H groups in total. The zero-order valence-electron chi connectivity index (χ0n) is 17.3. The number of esters is 1. The Balaban J connectivity index is 1.55. The van der Waals surface area contributed by atoms with Gasteiger partial charge in [0.2, 0.25) is 5.91 Å². The molecule has 4 rings (SSSR count). The monoisotopic (exact) mass is 464 g/mol. The largest absolute Gasteiger partial charge is 0.452 e. The Labute approximate surface area is 194 Å². The second-order valence-corrected chi connectivity index (χ2v) is 7.67. The molecule has 0 saturated heterocycles. The van der Waals surface area contributed by atoms with Crippen LogP contribution >= 0.6 is 11.6 Å². The first kappa shape index (κ1) is 22.2. The van der Waals surface area contributed by atoms with Gasteiger partial charge in [0, 0.05) is 5.02 Å². The van der Waals surface area contributed by atoms with Crippen LogP contribution in [-0.4, -0.2) is 30.9 Å². The number of nitrogens with zero attached hydrogens (tertiary/aromatic N) is 1. The lowest BCUT2D eigenvalue weighted by molar-refractivity contribution is -0.142. The van der Waals surface area contributed by atoms with Crippen molar-refractivity contribution < 1.29 is 23.5 Å². The van der Waals surface area contributed by atoms with Crippen molar-refractivity contribution in [1.29, 1.82) is 0 Å². The number of benzene rings is 3. The van der Waals surface area contributed by atoms with Gasteiger partial charge in [-0.15, -0.1) is 0 Å². The number of amides is 2. The third-order valence-electron chi connectivity index (χ3n) is 4.95. The predicted molar refractivity (Wildman–Crippen MR) is 124 cm³/mol. The van der Waals surface area contributed by atoms with Crippen molar-refractivity contribution in [1.82, 2.24) is 0 Å². The Morgan fingerprint density at radius 1 is 1.03 bits per heavy atom. The van der Waals surface area contributed by atoms with E-state index in [2.05, 4.69) is 5.32 Å². The third kappa shape index (κ3) is 5.27. The van der Waals surface area contributed by atoms with E-state index >= 15 is 0 Å². The van der Waals surface area contributed by atoms with Crippen molar-refractivity contribution in [2.24, 2.45) is 0 Å². The van der Waals surface area contributed by atoms with Gasteiger partial charge in [0.15, 0.2) is 6.61 Å². The molecule has 0 aliphatic carbocycles. The first-order valence-corrected chi connectivity index (χ1v) is 10.4. The van der Waals surface area contributed by atoms with Crippen molar-refractivity contribution >= 4 is 52.4 Å². The molecule has 0 radical (unpaired) electrons. The first-order chi connectivity index (χ1) is 15.9. The van der Waals surface area contributed by atoms with E-state index in [1.54, 1.807) is 54.6 Å². The molecule has 0 atom stereocenters. The van der Waals surface area contributed by atoms with Crippen LogP contribution in [0, 0.1) is 5.82 Å². The summed E-state index contributed by atoms with van der Waals surface area (Å²) >= 11 is 5.93. The number of carbonyl (C=O) groups excluding carboxylic acids is 3. The first-order valence-electron chi connectivity index (χ1n) is 10.0. The Morgan fingerprint density at radius 3 is 2.45 bits per heavy atom. The number of hydrogen-bond donors (Lipinski definition) is 1. The quantitative estimate of drug-likeness (QED) is 0.341. The minimum Gasteiger partial charge on any atom is -0.452 e. The van der Waals surface area contributed by atoms with Crippen LogP contribution in [0.3, 0.4) is 0 Å². The van der Waals surface area contributed by atoms with Gasteiger partial charge in [0.05, 0.1) is 16.9 Å². The molecule has 0 fully saturated rings. The summed E-state index contributed by atoms with van der Waals surface area (Å²) < 4.78 is 18.7. The molecule has 166 valence electrons. The van der Waals surface area contributed by atoms with Crippen LogP contribution in [0.1, 0.15) is 11.1 Å². The summed E-state index contributed by atoms with van der Waals surface area (Å²) in [5, 5.41) is 3.23. The predicted octanol–water partition coefficient (Wildman–Crippen LogP) is 4.55. The van der Waals surface area contributed by atoms with E-state index in [0.29, 0.717) is 27.5 Å². The average molecular weight is 465 g/mol. The van der Waals surface area contributed by atoms with Gasteiger partial charge in [-0.05, 0) is 53.6 Å². The van der Waals surface area contributed by atoms with Crippen molar-refractivity contribution in [3.05, 3.63) is 94.8 Å². The SMILES string of the molecule is O=C1CN(C(=O)COC(=O)/C(=C\c2ccc(Cl)cc2)c2ccc(F)cc2)c2ccccc2N1. The maximum absolute atomic E-state index is 13.4. The van der Waals surface area contributed by atoms with Crippen LogP contribution < -0.4 is 10.2 Å². The van der Waals surface area contributed by atoms with Crippen molar-refractivity contribution in [3.8, 4) is 0 Å². The molecular weight excluding hydrogens is 447 g/mol. The summed E-state index contributed by atoms with van der Waals surface area (Å²) in [6.07, 6.45) is 1.57. The topological polar surface area (TPSA) is 75.7 Å². The molecule has 6 nitrogen and oxygen atoms in total. The maximum atomic E-state index is 13.4. The fraction of sp³-hybridized carbons (Fsp3) is 0.0800. The fourth-order valence-electron chi connectivity index (χ4n) is 3.35. The number of carbonyl (C=O) groups is 3. The highest BCUT2D eigenvalue weighted by Gasteiger charge is 2.27. The Morgan fingerprint density at radius 2 is 1.73 bits per heavy atom. The molecule has 1 aliphatic rings. The number of nitrogens with one attached hydrogen (secondary N) is 1. The van der Waals surface area contributed by atoms with E-state index in [1.165, 1.54) is 29.2 Å². The number of fused-ring (bicyclic) bond motifs is 1. The molecule has 0 aromatic heterocycles. The molecule has 2 amide bonds. The van der Waals surface area contributed by atoms with Gasteiger partial charge < -0.3 is 10.1 Å². The molecule has 3 aromatic rings. The highest BCUT2D eigenvalue weighted by atomic mass is 35.5. The molecule has 33 heavy (non-hydrogen) atoms. The zero-order chi connectivity index (χ0) is 23.4. The highest BCUT2D eigenvalue weighted by molar-refractivity contribution is 6.30. The van der Waals surface area contributed by atoms with Gasteiger partial charge in [-0.3, -0.25) is 14.5 Å². The van der Waals surface area contributed by atoms with Gasteiger partial charge in [-0.25, -0.2) is 9.18 Å². The molecule has 1 aliphatic heterocycles. The number of ether oxygens (including phenoxy) is 1. The molecule has 0 unspecified atom stereocenters. The molecule has 0 spiro atoms. The van der Waals surface area contributed by atoms with Crippen molar-refractivity contribution in [2.75, 3.05) is 23.4 Å². The van der Waals surface area contributed by atoms with Crippen LogP contribution in [0.15, 0.2) is 72.8 Å². The average Bonchev–Trinajstić information content (AvgIpc) is 2.82. The second-order valence-electron chi connectivity index (χ2n) is 7.24. The van der Waals surface area contributed by atoms with Crippen LogP contribution in [-0.2, 0) is 19.1 Å². The van der Waals surface area contributed by atoms with Crippen molar-refractivity contribution in [3.63, 3.8) is 0 Å². The summed E-state index contributed by atoms with van der Waals surface area (Å²) in [5.74, 6) is -2.10. The summed E-state index contributed by atoms with van der Waals surface area (Å²) in [5.41, 5.74) is 2.26. The summed E-state index contributed by atoms with van der Waals surface area (Å²) in [6.45, 7) is -0.752. The molecular formula is C25H18ClFN2O4. The lowest BCUT2D eigenvalue weighted by Crippen LogP contribution is -2.44. The van der Waals surface area contributed by atoms with E-state index in [-0.39, 0.29) is 18.0 Å². The minimum atomic E-state index is -0.764. The molecule has 1 heterocycles. The van der Waals surface area contributed by atoms with Gasteiger partial charge in [0.1, 0.15) is 12.4 Å². The smallest absolute Gasteiger partial charge is 0.339 e. The van der Waals surface area contributed by atoms with Gasteiger partial charge in [-0.2, -0.15) is 0 Å². The van der Waals surface area contributed by atoms with Crippen LogP contribution in [0.25, 0.3) is 11.6 Å². The maximum Gasteiger partial charge on any atom is 0.339 e. The number of anilines is 2. The second kappa shape index (κ2) is 9.67. The van der Waals surface area contributed by atoms with Crippen LogP contribution in [0.4, 0.5) is 15.8 Å². The fourth-order valence-corrected chi connectivity index (χ4v) is 3.48. The van der Waals surface area contributed by atoms with Crippen LogP contribution in [0.2, 0.25) is 5.02 Å². The standard InChI is InChI=1S/C25H18ClFN2O4/c26-18-9-5-16(6-10-18)13-20(17-7-11-19(27)12-8-17)25(32)33-15-24(31)29-14-23(30)28-21-3-1-2-4-22(21)29/h1-13H,14-15H2,(H,28,30)/b20-13-.